The molecule has 2 nitrogen and oxygen atoms in total. The quantitative estimate of drug-likeness (QED) is 0.703. The molecular formula is C12H17NO. The molecule has 1 aromatic carbocycles. The number of hydrogen-bond acceptors (Lipinski definition) is 2. The average Bonchev–Trinajstić information content (AvgIpc) is 2.41. The van der Waals surface area contributed by atoms with Crippen molar-refractivity contribution >= 4 is 0 Å². The lowest BCUT2D eigenvalue weighted by Crippen LogP contribution is -2.43. The molecule has 0 amide bonds. The predicted molar refractivity (Wildman–Crippen MR) is 57.0 cm³/mol. The van der Waals surface area contributed by atoms with E-state index in [1.54, 1.807) is 0 Å². The number of fused-ring (bicyclic) bond motifs is 1. The number of nitrogens with two attached hydrogens (primary N) is 1. The first-order valence-corrected chi connectivity index (χ1v) is 5.07. The zero-order chi connectivity index (χ0) is 10.3. The third-order valence-corrected chi connectivity index (χ3v) is 3.43. The molecule has 2 rings (SSSR count). The number of aliphatic hydroxyl groups excluding tert-OH is 1. The van der Waals surface area contributed by atoms with Crippen LogP contribution >= 0.6 is 0 Å². The van der Waals surface area contributed by atoms with Crippen LogP contribution in [0.1, 0.15) is 23.6 Å². The van der Waals surface area contributed by atoms with E-state index < -0.39 is 5.54 Å². The van der Waals surface area contributed by atoms with Gasteiger partial charge in [0.25, 0.3) is 0 Å². The van der Waals surface area contributed by atoms with Crippen molar-refractivity contribution in [2.45, 2.75) is 25.8 Å². The Labute approximate surface area is 84.7 Å². The highest BCUT2D eigenvalue weighted by Gasteiger charge is 2.40. The molecule has 2 atom stereocenters. The van der Waals surface area contributed by atoms with Crippen LogP contribution in [0.25, 0.3) is 0 Å². The molecule has 0 saturated carbocycles. The maximum absolute atomic E-state index is 9.41. The van der Waals surface area contributed by atoms with Gasteiger partial charge >= 0.3 is 0 Å². The molecule has 0 aliphatic heterocycles. The fourth-order valence-corrected chi connectivity index (χ4v) is 2.32. The predicted octanol–water partition coefficient (Wildman–Crippen LogP) is 1.33. The smallest absolute Gasteiger partial charge is 0.0675 e. The fraction of sp³-hybridized carbons (Fsp3) is 0.500. The van der Waals surface area contributed by atoms with Crippen LogP contribution in [0.2, 0.25) is 0 Å². The van der Waals surface area contributed by atoms with Gasteiger partial charge in [-0.2, -0.15) is 0 Å². The first-order valence-electron chi connectivity index (χ1n) is 5.07. The van der Waals surface area contributed by atoms with Gasteiger partial charge in [-0.05, 0) is 30.4 Å². The lowest BCUT2D eigenvalue weighted by molar-refractivity contribution is 0.159. The largest absolute Gasteiger partial charge is 0.394 e. The summed E-state index contributed by atoms with van der Waals surface area (Å²) in [5.41, 5.74) is 9.34. The second-order valence-electron chi connectivity index (χ2n) is 4.46. The second kappa shape index (κ2) is 3.07. The zero-order valence-corrected chi connectivity index (χ0v) is 8.75. The Balaban J connectivity index is 2.55. The molecule has 1 aromatic rings. The van der Waals surface area contributed by atoms with Crippen LogP contribution in [0.4, 0.5) is 0 Å². The number of benzene rings is 1. The Bertz CT molecular complexity index is 361. The van der Waals surface area contributed by atoms with Crippen LogP contribution in [0, 0.1) is 12.8 Å². The lowest BCUT2D eigenvalue weighted by Gasteiger charge is -2.28. The van der Waals surface area contributed by atoms with E-state index in [0.29, 0.717) is 5.92 Å². The van der Waals surface area contributed by atoms with E-state index in [9.17, 15) is 5.11 Å². The molecule has 0 bridgehead atoms. The van der Waals surface area contributed by atoms with Gasteiger partial charge in [0.05, 0.1) is 12.1 Å². The summed E-state index contributed by atoms with van der Waals surface area (Å²) < 4.78 is 0. The number of aryl methyl sites for hydroxylation is 1. The fourth-order valence-electron chi connectivity index (χ4n) is 2.32. The molecule has 0 radical (unpaired) electrons. The van der Waals surface area contributed by atoms with Gasteiger partial charge in [0.2, 0.25) is 0 Å². The molecule has 0 heterocycles. The molecule has 76 valence electrons. The molecule has 2 unspecified atom stereocenters. The molecule has 0 saturated heterocycles. The number of rotatable bonds is 1. The summed E-state index contributed by atoms with van der Waals surface area (Å²) in [5.74, 6) is 0.323. The second-order valence-corrected chi connectivity index (χ2v) is 4.46. The van der Waals surface area contributed by atoms with Crippen LogP contribution < -0.4 is 5.73 Å². The Morgan fingerprint density at radius 3 is 2.93 bits per heavy atom. The van der Waals surface area contributed by atoms with Crippen LogP contribution in [0.5, 0.6) is 0 Å². The van der Waals surface area contributed by atoms with Crippen molar-refractivity contribution in [3.63, 3.8) is 0 Å². The van der Waals surface area contributed by atoms with Crippen molar-refractivity contribution in [1.82, 2.24) is 0 Å². The molecule has 14 heavy (non-hydrogen) atoms. The van der Waals surface area contributed by atoms with Crippen molar-refractivity contribution in [3.8, 4) is 0 Å². The van der Waals surface area contributed by atoms with E-state index in [2.05, 4.69) is 32.0 Å². The molecule has 0 fully saturated rings. The van der Waals surface area contributed by atoms with Gasteiger partial charge in [0.1, 0.15) is 0 Å². The standard InChI is InChI=1S/C12H17NO/c1-8-3-4-10-6-9(2)12(13,7-14)11(10)5-8/h3-5,9,14H,6-7,13H2,1-2H3. The minimum Gasteiger partial charge on any atom is -0.394 e. The van der Waals surface area contributed by atoms with E-state index in [0.717, 1.165) is 12.0 Å². The molecule has 3 N–H and O–H groups in total. The van der Waals surface area contributed by atoms with Crippen LogP contribution in [0.15, 0.2) is 18.2 Å². The van der Waals surface area contributed by atoms with Crippen molar-refractivity contribution in [2.75, 3.05) is 6.61 Å². The zero-order valence-electron chi connectivity index (χ0n) is 8.75. The number of hydrogen-bond donors (Lipinski definition) is 2. The summed E-state index contributed by atoms with van der Waals surface area (Å²) in [7, 11) is 0. The Kier molecular flexibility index (Phi) is 2.13. The lowest BCUT2D eigenvalue weighted by atomic mass is 9.86. The van der Waals surface area contributed by atoms with Gasteiger partial charge in [0, 0.05) is 0 Å². The topological polar surface area (TPSA) is 46.2 Å². The van der Waals surface area contributed by atoms with Crippen molar-refractivity contribution < 1.29 is 5.11 Å². The van der Waals surface area contributed by atoms with Gasteiger partial charge in [-0.3, -0.25) is 0 Å². The summed E-state index contributed by atoms with van der Waals surface area (Å²) in [6, 6.07) is 6.34. The first-order chi connectivity index (χ1) is 6.58. The van der Waals surface area contributed by atoms with Gasteiger partial charge in [-0.1, -0.05) is 30.7 Å². The van der Waals surface area contributed by atoms with Crippen LogP contribution in [-0.2, 0) is 12.0 Å². The molecule has 1 aliphatic carbocycles. The van der Waals surface area contributed by atoms with Crippen molar-refractivity contribution in [1.29, 1.82) is 0 Å². The maximum atomic E-state index is 9.41. The van der Waals surface area contributed by atoms with E-state index >= 15 is 0 Å². The van der Waals surface area contributed by atoms with Crippen molar-refractivity contribution in [2.24, 2.45) is 11.7 Å². The summed E-state index contributed by atoms with van der Waals surface area (Å²) >= 11 is 0. The third-order valence-electron chi connectivity index (χ3n) is 3.43. The average molecular weight is 191 g/mol. The maximum Gasteiger partial charge on any atom is 0.0675 e. The minimum absolute atomic E-state index is 0.0324. The SMILES string of the molecule is Cc1ccc2c(c1)C(N)(CO)C(C)C2. The molecular weight excluding hydrogens is 174 g/mol. The molecule has 2 heteroatoms. The highest BCUT2D eigenvalue weighted by atomic mass is 16.3. The van der Waals surface area contributed by atoms with E-state index in [1.165, 1.54) is 11.1 Å². The highest BCUT2D eigenvalue weighted by Crippen LogP contribution is 2.39. The summed E-state index contributed by atoms with van der Waals surface area (Å²) in [5, 5.41) is 9.41. The first kappa shape index (κ1) is 9.69. The molecule has 0 spiro atoms. The summed E-state index contributed by atoms with van der Waals surface area (Å²) in [6.45, 7) is 4.19. The molecule has 1 aliphatic rings. The normalized spacial score (nSPS) is 30.4. The van der Waals surface area contributed by atoms with Gasteiger partial charge in [0.15, 0.2) is 0 Å². The summed E-state index contributed by atoms with van der Waals surface area (Å²) in [4.78, 5) is 0. The van der Waals surface area contributed by atoms with Crippen LogP contribution in [-0.4, -0.2) is 11.7 Å². The Hall–Kier alpha value is -0.860. The van der Waals surface area contributed by atoms with E-state index in [-0.39, 0.29) is 6.61 Å². The number of aliphatic hydroxyl groups is 1. The monoisotopic (exact) mass is 191 g/mol. The third kappa shape index (κ3) is 1.18. The van der Waals surface area contributed by atoms with Crippen molar-refractivity contribution in [3.05, 3.63) is 34.9 Å². The van der Waals surface area contributed by atoms with Gasteiger partial charge < -0.3 is 10.8 Å². The van der Waals surface area contributed by atoms with Gasteiger partial charge in [-0.25, -0.2) is 0 Å². The highest BCUT2D eigenvalue weighted by molar-refractivity contribution is 5.42. The Morgan fingerprint density at radius 1 is 1.57 bits per heavy atom. The Morgan fingerprint density at radius 2 is 2.29 bits per heavy atom. The summed E-state index contributed by atoms with van der Waals surface area (Å²) in [6.07, 6.45) is 0.979. The van der Waals surface area contributed by atoms with Gasteiger partial charge in [-0.15, -0.1) is 0 Å². The molecule has 0 aromatic heterocycles. The van der Waals surface area contributed by atoms with E-state index in [4.69, 9.17) is 5.73 Å². The van der Waals surface area contributed by atoms with Crippen LogP contribution in [0.3, 0.4) is 0 Å². The minimum atomic E-state index is -0.526. The van der Waals surface area contributed by atoms with E-state index in [1.807, 2.05) is 0 Å².